The minimum atomic E-state index is -3.46. The summed E-state index contributed by atoms with van der Waals surface area (Å²) in [6.07, 6.45) is 0.930. The van der Waals surface area contributed by atoms with Crippen LogP contribution in [0.5, 0.6) is 0 Å². The third-order valence-corrected chi connectivity index (χ3v) is 4.13. The number of aliphatic hydroxyl groups excluding tert-OH is 1. The minimum absolute atomic E-state index is 0.158. The summed E-state index contributed by atoms with van der Waals surface area (Å²) < 4.78 is 26.4. The zero-order valence-electron chi connectivity index (χ0n) is 10.2. The molecule has 5 heteroatoms. The highest BCUT2D eigenvalue weighted by Gasteiger charge is 2.14. The lowest BCUT2D eigenvalue weighted by atomic mass is 10.1. The molecule has 1 aromatic rings. The monoisotopic (exact) mass is 257 g/mol. The number of rotatable bonds is 6. The van der Waals surface area contributed by atoms with Crippen molar-refractivity contribution in [2.45, 2.75) is 31.8 Å². The SMILES string of the molecule is CCC(C)CNS(=O)(=O)c1cccc(CO)c1. The molecule has 2 N–H and O–H groups in total. The van der Waals surface area contributed by atoms with Crippen LogP contribution in [0.4, 0.5) is 0 Å². The Hall–Kier alpha value is -0.910. The maximum Gasteiger partial charge on any atom is 0.240 e. The van der Waals surface area contributed by atoms with Gasteiger partial charge in [0.15, 0.2) is 0 Å². The molecule has 0 aliphatic rings. The van der Waals surface area contributed by atoms with E-state index in [0.717, 1.165) is 6.42 Å². The van der Waals surface area contributed by atoms with Gasteiger partial charge in [0, 0.05) is 6.54 Å². The van der Waals surface area contributed by atoms with Crippen molar-refractivity contribution in [3.8, 4) is 0 Å². The number of aliphatic hydroxyl groups is 1. The highest BCUT2D eigenvalue weighted by molar-refractivity contribution is 7.89. The molecule has 1 atom stereocenters. The van der Waals surface area contributed by atoms with Crippen LogP contribution in [0.1, 0.15) is 25.8 Å². The van der Waals surface area contributed by atoms with E-state index in [1.165, 1.54) is 12.1 Å². The van der Waals surface area contributed by atoms with Crippen LogP contribution in [0.15, 0.2) is 29.2 Å². The summed E-state index contributed by atoms with van der Waals surface area (Å²) in [4.78, 5) is 0.201. The minimum Gasteiger partial charge on any atom is -0.392 e. The largest absolute Gasteiger partial charge is 0.392 e. The van der Waals surface area contributed by atoms with Crippen molar-refractivity contribution in [3.05, 3.63) is 29.8 Å². The quantitative estimate of drug-likeness (QED) is 0.811. The van der Waals surface area contributed by atoms with Gasteiger partial charge in [0.1, 0.15) is 0 Å². The van der Waals surface area contributed by atoms with E-state index >= 15 is 0 Å². The summed E-state index contributed by atoms with van der Waals surface area (Å²) in [6.45, 7) is 4.29. The fourth-order valence-corrected chi connectivity index (χ4v) is 2.53. The Kier molecular flexibility index (Phi) is 5.11. The lowest BCUT2D eigenvalue weighted by molar-refractivity contribution is 0.281. The molecule has 0 aromatic heterocycles. The van der Waals surface area contributed by atoms with Crippen LogP contribution in [0, 0.1) is 5.92 Å². The molecule has 0 heterocycles. The fourth-order valence-electron chi connectivity index (χ4n) is 1.29. The second kappa shape index (κ2) is 6.14. The van der Waals surface area contributed by atoms with Crippen LogP contribution in [0.25, 0.3) is 0 Å². The highest BCUT2D eigenvalue weighted by Crippen LogP contribution is 2.12. The van der Waals surface area contributed by atoms with Gasteiger partial charge in [-0.1, -0.05) is 32.4 Å². The van der Waals surface area contributed by atoms with Crippen molar-refractivity contribution in [1.82, 2.24) is 4.72 Å². The molecule has 1 unspecified atom stereocenters. The predicted molar refractivity (Wildman–Crippen MR) is 67.0 cm³/mol. The Morgan fingerprint density at radius 2 is 2.12 bits per heavy atom. The second-order valence-electron chi connectivity index (χ2n) is 4.17. The third kappa shape index (κ3) is 4.11. The topological polar surface area (TPSA) is 66.4 Å². The Bertz CT molecular complexity index is 457. The molecule has 0 radical (unpaired) electrons. The molecule has 17 heavy (non-hydrogen) atoms. The van der Waals surface area contributed by atoms with Gasteiger partial charge in [0.05, 0.1) is 11.5 Å². The molecule has 1 rings (SSSR count). The van der Waals surface area contributed by atoms with Crippen molar-refractivity contribution in [1.29, 1.82) is 0 Å². The van der Waals surface area contributed by atoms with Gasteiger partial charge < -0.3 is 5.11 Å². The Morgan fingerprint density at radius 3 is 2.71 bits per heavy atom. The third-order valence-electron chi connectivity index (χ3n) is 2.71. The fraction of sp³-hybridized carbons (Fsp3) is 0.500. The smallest absolute Gasteiger partial charge is 0.240 e. The van der Waals surface area contributed by atoms with E-state index in [1.807, 2.05) is 13.8 Å². The average Bonchev–Trinajstić information content (AvgIpc) is 2.36. The lowest BCUT2D eigenvalue weighted by Crippen LogP contribution is -2.28. The second-order valence-corrected chi connectivity index (χ2v) is 5.94. The summed E-state index contributed by atoms with van der Waals surface area (Å²) in [5.74, 6) is 0.311. The molecule has 96 valence electrons. The maximum absolute atomic E-state index is 11.9. The van der Waals surface area contributed by atoms with Crippen molar-refractivity contribution < 1.29 is 13.5 Å². The molecular formula is C12H19NO3S. The van der Waals surface area contributed by atoms with Crippen LogP contribution in [-0.2, 0) is 16.6 Å². The van der Waals surface area contributed by atoms with E-state index in [-0.39, 0.29) is 11.5 Å². The van der Waals surface area contributed by atoms with Gasteiger partial charge in [-0.3, -0.25) is 0 Å². The number of benzene rings is 1. The molecule has 0 fully saturated rings. The van der Waals surface area contributed by atoms with Gasteiger partial charge in [-0.05, 0) is 23.6 Å². The molecule has 0 aliphatic carbocycles. The van der Waals surface area contributed by atoms with E-state index in [1.54, 1.807) is 12.1 Å². The number of sulfonamides is 1. The summed E-state index contributed by atoms with van der Waals surface area (Å²) >= 11 is 0. The van der Waals surface area contributed by atoms with E-state index in [0.29, 0.717) is 18.0 Å². The molecule has 0 saturated heterocycles. The maximum atomic E-state index is 11.9. The number of hydrogen-bond acceptors (Lipinski definition) is 3. The van der Waals surface area contributed by atoms with Crippen molar-refractivity contribution >= 4 is 10.0 Å². The first-order valence-corrected chi connectivity index (χ1v) is 7.17. The van der Waals surface area contributed by atoms with Gasteiger partial charge >= 0.3 is 0 Å². The van der Waals surface area contributed by atoms with Crippen LogP contribution in [0.2, 0.25) is 0 Å². The van der Waals surface area contributed by atoms with E-state index in [2.05, 4.69) is 4.72 Å². The van der Waals surface area contributed by atoms with E-state index in [9.17, 15) is 8.42 Å². The van der Waals surface area contributed by atoms with Gasteiger partial charge in [-0.2, -0.15) is 0 Å². The van der Waals surface area contributed by atoms with Crippen LogP contribution < -0.4 is 4.72 Å². The number of nitrogens with one attached hydrogen (secondary N) is 1. The van der Waals surface area contributed by atoms with Crippen LogP contribution >= 0.6 is 0 Å². The molecule has 1 aromatic carbocycles. The van der Waals surface area contributed by atoms with Crippen molar-refractivity contribution in [2.75, 3.05) is 6.54 Å². The zero-order valence-corrected chi connectivity index (χ0v) is 11.0. The van der Waals surface area contributed by atoms with Crippen molar-refractivity contribution in [3.63, 3.8) is 0 Å². The molecule has 0 amide bonds. The van der Waals surface area contributed by atoms with Gasteiger partial charge in [-0.15, -0.1) is 0 Å². The van der Waals surface area contributed by atoms with E-state index in [4.69, 9.17) is 5.11 Å². The van der Waals surface area contributed by atoms with E-state index < -0.39 is 10.0 Å². The Balaban J connectivity index is 2.82. The zero-order chi connectivity index (χ0) is 12.9. The normalized spacial score (nSPS) is 13.6. The van der Waals surface area contributed by atoms with Gasteiger partial charge in [-0.25, -0.2) is 13.1 Å². The summed E-state index contributed by atoms with van der Waals surface area (Å²) in [5.41, 5.74) is 0.594. The van der Waals surface area contributed by atoms with Crippen LogP contribution in [-0.4, -0.2) is 20.1 Å². The molecule has 0 bridgehead atoms. The molecular weight excluding hydrogens is 238 g/mol. The van der Waals surface area contributed by atoms with Gasteiger partial charge in [0.2, 0.25) is 10.0 Å². The lowest BCUT2D eigenvalue weighted by Gasteiger charge is -2.11. The highest BCUT2D eigenvalue weighted by atomic mass is 32.2. The van der Waals surface area contributed by atoms with Crippen LogP contribution in [0.3, 0.4) is 0 Å². The summed E-state index contributed by atoms with van der Waals surface area (Å²) in [6, 6.07) is 6.33. The Labute approximate surface area is 103 Å². The summed E-state index contributed by atoms with van der Waals surface area (Å²) in [5, 5.41) is 8.97. The molecule has 4 nitrogen and oxygen atoms in total. The molecule has 0 saturated carbocycles. The first-order chi connectivity index (χ1) is 7.99. The first kappa shape index (κ1) is 14.2. The van der Waals surface area contributed by atoms with Crippen molar-refractivity contribution in [2.24, 2.45) is 5.92 Å². The Morgan fingerprint density at radius 1 is 1.41 bits per heavy atom. The predicted octanol–water partition coefficient (Wildman–Crippen LogP) is 1.50. The molecule has 0 spiro atoms. The standard InChI is InChI=1S/C12H19NO3S/c1-3-10(2)8-13-17(15,16)12-6-4-5-11(7-12)9-14/h4-7,10,13-14H,3,8-9H2,1-2H3. The molecule has 0 aliphatic heterocycles. The number of hydrogen-bond donors (Lipinski definition) is 2. The summed E-state index contributed by atoms with van der Waals surface area (Å²) in [7, 11) is -3.46. The average molecular weight is 257 g/mol. The van der Waals surface area contributed by atoms with Gasteiger partial charge in [0.25, 0.3) is 0 Å². The first-order valence-electron chi connectivity index (χ1n) is 5.69.